The van der Waals surface area contributed by atoms with E-state index in [4.69, 9.17) is 0 Å². The molecule has 90 valence electrons. The van der Waals surface area contributed by atoms with Gasteiger partial charge in [0.15, 0.2) is 0 Å². The highest BCUT2D eigenvalue weighted by Crippen LogP contribution is 2.37. The van der Waals surface area contributed by atoms with Crippen LogP contribution in [0.3, 0.4) is 0 Å². The van der Waals surface area contributed by atoms with Crippen LogP contribution in [-0.4, -0.2) is 0 Å². The molecule has 2 rings (SSSR count). The lowest BCUT2D eigenvalue weighted by Crippen LogP contribution is -2.11. The Labute approximate surface area is 108 Å². The first-order valence-electron chi connectivity index (χ1n) is 6.21. The molecule has 0 nitrogen and oxygen atoms in total. The molecule has 0 saturated heterocycles. The lowest BCUT2D eigenvalue weighted by molar-refractivity contribution is 0.587. The highest BCUT2D eigenvalue weighted by Gasteiger charge is 2.20. The SMILES string of the molecule is CCc1sc(-c2ccccc2)cc1C(C)(C)C. The van der Waals surface area contributed by atoms with Crippen molar-refractivity contribution in [1.29, 1.82) is 0 Å². The van der Waals surface area contributed by atoms with Gasteiger partial charge in [0.25, 0.3) is 0 Å². The molecule has 1 aromatic heterocycles. The van der Waals surface area contributed by atoms with Crippen molar-refractivity contribution in [3.63, 3.8) is 0 Å². The third-order valence-corrected chi connectivity index (χ3v) is 4.32. The Morgan fingerprint density at radius 1 is 1.06 bits per heavy atom. The topological polar surface area (TPSA) is 0 Å². The monoisotopic (exact) mass is 244 g/mol. The maximum atomic E-state index is 2.37. The van der Waals surface area contributed by atoms with Crippen LogP contribution in [0, 0.1) is 0 Å². The standard InChI is InChI=1S/C16H20S/c1-5-14-13(16(2,3)4)11-15(17-14)12-9-7-6-8-10-12/h6-11H,5H2,1-4H3. The average molecular weight is 244 g/mol. The van der Waals surface area contributed by atoms with Gasteiger partial charge in [-0.3, -0.25) is 0 Å². The molecule has 17 heavy (non-hydrogen) atoms. The zero-order chi connectivity index (χ0) is 12.5. The first-order chi connectivity index (χ1) is 8.02. The van der Waals surface area contributed by atoms with Crippen LogP contribution in [0.1, 0.15) is 38.1 Å². The van der Waals surface area contributed by atoms with Gasteiger partial charge in [0.2, 0.25) is 0 Å². The molecule has 0 spiro atoms. The van der Waals surface area contributed by atoms with Gasteiger partial charge in [-0.1, -0.05) is 58.0 Å². The Balaban J connectivity index is 2.49. The zero-order valence-corrected chi connectivity index (χ0v) is 11.9. The summed E-state index contributed by atoms with van der Waals surface area (Å²) in [5.74, 6) is 0. The smallest absolute Gasteiger partial charge is 0.0348 e. The van der Waals surface area contributed by atoms with Crippen LogP contribution < -0.4 is 0 Å². The first kappa shape index (κ1) is 12.4. The number of hydrogen-bond acceptors (Lipinski definition) is 1. The number of benzene rings is 1. The van der Waals surface area contributed by atoms with Gasteiger partial charge in [0.1, 0.15) is 0 Å². The Hall–Kier alpha value is -1.08. The zero-order valence-electron chi connectivity index (χ0n) is 11.1. The van der Waals surface area contributed by atoms with Gasteiger partial charge >= 0.3 is 0 Å². The summed E-state index contributed by atoms with van der Waals surface area (Å²) in [5.41, 5.74) is 3.08. The van der Waals surface area contributed by atoms with Gasteiger partial charge < -0.3 is 0 Å². The number of hydrogen-bond donors (Lipinski definition) is 0. The Morgan fingerprint density at radius 2 is 1.71 bits per heavy atom. The summed E-state index contributed by atoms with van der Waals surface area (Å²) in [6, 6.07) is 13.0. The van der Waals surface area contributed by atoms with Crippen LogP contribution in [-0.2, 0) is 11.8 Å². The van der Waals surface area contributed by atoms with Gasteiger partial charge in [-0.05, 0) is 29.0 Å². The Bertz CT molecular complexity index is 486. The lowest BCUT2D eigenvalue weighted by Gasteiger charge is -2.18. The summed E-state index contributed by atoms with van der Waals surface area (Å²) in [7, 11) is 0. The normalized spacial score (nSPS) is 11.8. The van der Waals surface area contributed by atoms with Crippen LogP contribution in [0.4, 0.5) is 0 Å². The fourth-order valence-corrected chi connectivity index (χ4v) is 3.39. The van der Waals surface area contributed by atoms with E-state index in [1.54, 1.807) is 0 Å². The van der Waals surface area contributed by atoms with E-state index < -0.39 is 0 Å². The molecule has 0 bridgehead atoms. The molecule has 0 unspecified atom stereocenters. The van der Waals surface area contributed by atoms with Crippen molar-refractivity contribution in [3.05, 3.63) is 46.8 Å². The van der Waals surface area contributed by atoms with Gasteiger partial charge in [0, 0.05) is 9.75 Å². The second-order valence-electron chi connectivity index (χ2n) is 5.42. The minimum atomic E-state index is 0.245. The minimum absolute atomic E-state index is 0.245. The Kier molecular flexibility index (Phi) is 3.39. The molecular formula is C16H20S. The van der Waals surface area contributed by atoms with Crippen molar-refractivity contribution < 1.29 is 0 Å². The van der Waals surface area contributed by atoms with E-state index in [1.807, 2.05) is 11.3 Å². The van der Waals surface area contributed by atoms with Crippen LogP contribution in [0.2, 0.25) is 0 Å². The predicted molar refractivity (Wildman–Crippen MR) is 77.8 cm³/mol. The maximum Gasteiger partial charge on any atom is 0.0348 e. The summed E-state index contributed by atoms with van der Waals surface area (Å²) in [6.45, 7) is 9.13. The van der Waals surface area contributed by atoms with Gasteiger partial charge in [-0.25, -0.2) is 0 Å². The van der Waals surface area contributed by atoms with E-state index >= 15 is 0 Å². The summed E-state index contributed by atoms with van der Waals surface area (Å²) in [6.07, 6.45) is 1.13. The quantitative estimate of drug-likeness (QED) is 0.674. The van der Waals surface area contributed by atoms with E-state index in [9.17, 15) is 0 Å². The summed E-state index contributed by atoms with van der Waals surface area (Å²) in [4.78, 5) is 2.92. The molecular weight excluding hydrogens is 224 g/mol. The minimum Gasteiger partial charge on any atom is -0.140 e. The molecule has 0 saturated carbocycles. The van der Waals surface area contributed by atoms with E-state index in [-0.39, 0.29) is 5.41 Å². The average Bonchev–Trinajstić information content (AvgIpc) is 2.74. The van der Waals surface area contributed by atoms with Crippen molar-refractivity contribution in [2.75, 3.05) is 0 Å². The van der Waals surface area contributed by atoms with E-state index in [0.717, 1.165) is 6.42 Å². The highest BCUT2D eigenvalue weighted by atomic mass is 32.1. The van der Waals surface area contributed by atoms with Gasteiger partial charge in [-0.2, -0.15) is 0 Å². The molecule has 1 heteroatoms. The molecule has 2 aromatic rings. The third kappa shape index (κ3) is 2.61. The third-order valence-electron chi connectivity index (χ3n) is 3.00. The molecule has 0 aliphatic rings. The molecule has 0 aliphatic heterocycles. The van der Waals surface area contributed by atoms with E-state index in [2.05, 4.69) is 64.1 Å². The molecule has 0 N–H and O–H groups in total. The fraction of sp³-hybridized carbons (Fsp3) is 0.375. The lowest BCUT2D eigenvalue weighted by atomic mass is 9.86. The van der Waals surface area contributed by atoms with Gasteiger partial charge in [0.05, 0.1) is 0 Å². The second-order valence-corrected chi connectivity index (χ2v) is 6.55. The van der Waals surface area contributed by atoms with Crippen LogP contribution in [0.25, 0.3) is 10.4 Å². The maximum absolute atomic E-state index is 2.37. The van der Waals surface area contributed by atoms with Crippen molar-refractivity contribution in [2.24, 2.45) is 0 Å². The molecule has 1 aromatic carbocycles. The number of aryl methyl sites for hydroxylation is 1. The largest absolute Gasteiger partial charge is 0.140 e. The molecule has 0 fully saturated rings. The number of thiophene rings is 1. The molecule has 0 amide bonds. The van der Waals surface area contributed by atoms with Crippen molar-refractivity contribution >= 4 is 11.3 Å². The van der Waals surface area contributed by atoms with Gasteiger partial charge in [-0.15, -0.1) is 11.3 Å². The first-order valence-corrected chi connectivity index (χ1v) is 7.02. The summed E-state index contributed by atoms with van der Waals surface area (Å²) >= 11 is 1.94. The Morgan fingerprint density at radius 3 is 2.18 bits per heavy atom. The fourth-order valence-electron chi connectivity index (χ4n) is 2.07. The van der Waals surface area contributed by atoms with Crippen molar-refractivity contribution in [1.82, 2.24) is 0 Å². The highest BCUT2D eigenvalue weighted by molar-refractivity contribution is 7.15. The molecule has 1 heterocycles. The number of rotatable bonds is 2. The molecule has 0 atom stereocenters. The van der Waals surface area contributed by atoms with Crippen LogP contribution >= 0.6 is 11.3 Å². The van der Waals surface area contributed by atoms with Crippen LogP contribution in [0.15, 0.2) is 36.4 Å². The van der Waals surface area contributed by atoms with E-state index in [0.29, 0.717) is 0 Å². The van der Waals surface area contributed by atoms with Crippen molar-refractivity contribution in [2.45, 2.75) is 39.5 Å². The second kappa shape index (κ2) is 4.66. The summed E-state index contributed by atoms with van der Waals surface area (Å²) < 4.78 is 0. The van der Waals surface area contributed by atoms with E-state index in [1.165, 1.54) is 20.9 Å². The van der Waals surface area contributed by atoms with Crippen LogP contribution in [0.5, 0.6) is 0 Å². The molecule has 0 aliphatic carbocycles. The summed E-state index contributed by atoms with van der Waals surface area (Å²) in [5, 5.41) is 0. The van der Waals surface area contributed by atoms with Crippen molar-refractivity contribution in [3.8, 4) is 10.4 Å². The molecule has 0 radical (unpaired) electrons. The predicted octanol–water partition coefficient (Wildman–Crippen LogP) is 5.28.